The Hall–Kier alpha value is -2.31. The van der Waals surface area contributed by atoms with Crippen molar-refractivity contribution < 1.29 is 9.18 Å². The van der Waals surface area contributed by atoms with Crippen LogP contribution in [0, 0.1) is 5.82 Å². The fourth-order valence-corrected chi connectivity index (χ4v) is 3.40. The van der Waals surface area contributed by atoms with Crippen LogP contribution < -0.4 is 0 Å². The molecule has 0 radical (unpaired) electrons. The molecule has 3 aromatic rings. The van der Waals surface area contributed by atoms with Gasteiger partial charge in [0.05, 0.1) is 6.20 Å². The molecule has 0 fully saturated rings. The van der Waals surface area contributed by atoms with Crippen molar-refractivity contribution >= 4 is 29.3 Å². The molecule has 1 amide bonds. The average Bonchev–Trinajstić information content (AvgIpc) is 3.05. The zero-order valence-electron chi connectivity index (χ0n) is 14.3. The highest BCUT2D eigenvalue weighted by Gasteiger charge is 2.21. The second-order valence-electron chi connectivity index (χ2n) is 5.73. The Kier molecular flexibility index (Phi) is 5.64. The molecule has 0 saturated heterocycles. The molecule has 0 aliphatic carbocycles. The van der Waals surface area contributed by atoms with E-state index in [1.165, 1.54) is 23.9 Å². The lowest BCUT2D eigenvalue weighted by Crippen LogP contribution is -2.28. The van der Waals surface area contributed by atoms with E-state index in [4.69, 9.17) is 11.6 Å². The summed E-state index contributed by atoms with van der Waals surface area (Å²) in [6.45, 7) is 0.419. The summed E-state index contributed by atoms with van der Waals surface area (Å²) < 4.78 is 15.0. The van der Waals surface area contributed by atoms with Gasteiger partial charge in [0.2, 0.25) is 0 Å². The number of imidazole rings is 1. The predicted molar refractivity (Wildman–Crippen MR) is 103 cm³/mol. The van der Waals surface area contributed by atoms with Gasteiger partial charge < -0.3 is 4.90 Å². The molecule has 0 saturated carbocycles. The first-order valence-corrected chi connectivity index (χ1v) is 9.47. The highest BCUT2D eigenvalue weighted by atomic mass is 35.5. The van der Waals surface area contributed by atoms with Crippen molar-refractivity contribution in [2.24, 2.45) is 0 Å². The Morgan fingerprint density at radius 3 is 2.65 bits per heavy atom. The monoisotopic (exact) mass is 389 g/mol. The fraction of sp³-hybridized carbons (Fsp3) is 0.158. The second kappa shape index (κ2) is 7.93. The van der Waals surface area contributed by atoms with E-state index < -0.39 is 0 Å². The molecule has 0 spiro atoms. The molecule has 0 bridgehead atoms. The van der Waals surface area contributed by atoms with Crippen molar-refractivity contribution in [3.63, 3.8) is 0 Å². The van der Waals surface area contributed by atoms with Gasteiger partial charge in [-0.2, -0.15) is 0 Å². The summed E-state index contributed by atoms with van der Waals surface area (Å²) in [6.07, 6.45) is 3.43. The predicted octanol–water partition coefficient (Wildman–Crippen LogP) is 4.66. The number of benzene rings is 2. The molecule has 0 atom stereocenters. The minimum Gasteiger partial charge on any atom is -0.336 e. The Bertz CT molecular complexity index is 927. The molecule has 0 aliphatic rings. The maximum atomic E-state index is 13.3. The zero-order chi connectivity index (χ0) is 18.7. The average molecular weight is 390 g/mol. The number of rotatable bonds is 5. The summed E-state index contributed by atoms with van der Waals surface area (Å²) in [5.41, 5.74) is 2.05. The van der Waals surface area contributed by atoms with Crippen molar-refractivity contribution in [1.82, 2.24) is 14.5 Å². The third-order valence-corrected chi connectivity index (χ3v) is 4.76. The van der Waals surface area contributed by atoms with E-state index >= 15 is 0 Å². The summed E-state index contributed by atoms with van der Waals surface area (Å²) in [6, 6.07) is 13.4. The summed E-state index contributed by atoms with van der Waals surface area (Å²) in [5, 5.41) is 1.29. The number of halogens is 2. The second-order valence-corrected chi connectivity index (χ2v) is 6.94. The van der Waals surface area contributed by atoms with E-state index in [1.54, 1.807) is 40.9 Å². The highest BCUT2D eigenvalue weighted by Crippen LogP contribution is 2.23. The molecule has 4 nitrogen and oxygen atoms in total. The quantitative estimate of drug-likeness (QED) is 0.596. The van der Waals surface area contributed by atoms with Gasteiger partial charge >= 0.3 is 0 Å². The number of hydrogen-bond acceptors (Lipinski definition) is 3. The van der Waals surface area contributed by atoms with E-state index in [1.807, 2.05) is 24.5 Å². The molecule has 7 heteroatoms. The van der Waals surface area contributed by atoms with Crippen LogP contribution in [0.5, 0.6) is 0 Å². The van der Waals surface area contributed by atoms with Crippen LogP contribution in [0.2, 0.25) is 5.02 Å². The summed E-state index contributed by atoms with van der Waals surface area (Å²) in [4.78, 5) is 18.9. The van der Waals surface area contributed by atoms with Crippen molar-refractivity contribution in [1.29, 1.82) is 0 Å². The number of amides is 1. The van der Waals surface area contributed by atoms with Gasteiger partial charge in [-0.05, 0) is 48.2 Å². The molecular formula is C19H17ClFN3OS. The van der Waals surface area contributed by atoms with Gasteiger partial charge in [0.25, 0.3) is 5.91 Å². The van der Waals surface area contributed by atoms with E-state index in [9.17, 15) is 9.18 Å². The Labute approximate surface area is 160 Å². The SMILES string of the molecule is CSc1ncc(C(=O)N(C)Cc2cccc(Cl)c2)n1-c1ccc(F)cc1. The first-order chi connectivity index (χ1) is 12.5. The van der Waals surface area contributed by atoms with E-state index in [0.717, 1.165) is 5.56 Å². The number of thioether (sulfide) groups is 1. The minimum atomic E-state index is -0.328. The van der Waals surface area contributed by atoms with Gasteiger partial charge in [-0.1, -0.05) is 35.5 Å². The standard InChI is InChI=1S/C19H17ClFN3OS/c1-23(12-13-4-3-5-14(20)10-13)18(25)17-11-22-19(26-2)24(17)16-8-6-15(21)7-9-16/h3-11H,12H2,1-2H3. The lowest BCUT2D eigenvalue weighted by Gasteiger charge is -2.19. The van der Waals surface area contributed by atoms with E-state index in [2.05, 4.69) is 4.98 Å². The molecule has 0 unspecified atom stereocenters. The van der Waals surface area contributed by atoms with Gasteiger partial charge in [-0.3, -0.25) is 9.36 Å². The number of carbonyl (C=O) groups is 1. The maximum absolute atomic E-state index is 13.3. The topological polar surface area (TPSA) is 38.1 Å². The largest absolute Gasteiger partial charge is 0.336 e. The van der Waals surface area contributed by atoms with Gasteiger partial charge in [0, 0.05) is 24.3 Å². The Morgan fingerprint density at radius 1 is 1.27 bits per heavy atom. The molecule has 1 aromatic heterocycles. The molecule has 3 rings (SSSR count). The molecule has 134 valence electrons. The van der Waals surface area contributed by atoms with Crippen molar-refractivity contribution in [3.05, 3.63) is 76.8 Å². The van der Waals surface area contributed by atoms with Crippen LogP contribution in [0.1, 0.15) is 16.1 Å². The van der Waals surface area contributed by atoms with Crippen molar-refractivity contribution in [2.45, 2.75) is 11.7 Å². The third kappa shape index (κ3) is 3.92. The van der Waals surface area contributed by atoms with Gasteiger partial charge in [0.1, 0.15) is 11.5 Å². The molecule has 2 aromatic carbocycles. The van der Waals surface area contributed by atoms with Crippen LogP contribution in [0.25, 0.3) is 5.69 Å². The summed E-state index contributed by atoms with van der Waals surface area (Å²) in [5.74, 6) is -0.507. The molecular weight excluding hydrogens is 373 g/mol. The smallest absolute Gasteiger partial charge is 0.272 e. The van der Waals surface area contributed by atoms with Gasteiger partial charge in [-0.15, -0.1) is 0 Å². The van der Waals surface area contributed by atoms with Crippen LogP contribution in [0.15, 0.2) is 59.9 Å². The van der Waals surface area contributed by atoms with Gasteiger partial charge in [0.15, 0.2) is 5.16 Å². The summed E-state index contributed by atoms with van der Waals surface area (Å²) >= 11 is 7.43. The maximum Gasteiger partial charge on any atom is 0.272 e. The van der Waals surface area contributed by atoms with E-state index in [-0.39, 0.29) is 11.7 Å². The normalized spacial score (nSPS) is 10.8. The first kappa shape index (κ1) is 18.5. The van der Waals surface area contributed by atoms with Crippen molar-refractivity contribution in [2.75, 3.05) is 13.3 Å². The lowest BCUT2D eigenvalue weighted by atomic mass is 10.2. The van der Waals surface area contributed by atoms with E-state index in [0.29, 0.717) is 28.1 Å². The molecule has 26 heavy (non-hydrogen) atoms. The van der Waals surface area contributed by atoms with Crippen LogP contribution in [0.3, 0.4) is 0 Å². The lowest BCUT2D eigenvalue weighted by molar-refractivity contribution is 0.0776. The first-order valence-electron chi connectivity index (χ1n) is 7.87. The third-order valence-electron chi connectivity index (χ3n) is 3.87. The van der Waals surface area contributed by atoms with Crippen LogP contribution in [-0.4, -0.2) is 33.7 Å². The zero-order valence-corrected chi connectivity index (χ0v) is 15.9. The number of nitrogens with zero attached hydrogens (tertiary/aromatic N) is 3. The highest BCUT2D eigenvalue weighted by molar-refractivity contribution is 7.98. The molecule has 0 aliphatic heterocycles. The van der Waals surface area contributed by atoms with Crippen LogP contribution >= 0.6 is 23.4 Å². The number of hydrogen-bond donors (Lipinski definition) is 0. The van der Waals surface area contributed by atoms with Crippen molar-refractivity contribution in [3.8, 4) is 5.69 Å². The molecule has 1 heterocycles. The number of aromatic nitrogens is 2. The fourth-order valence-electron chi connectivity index (χ4n) is 2.65. The number of carbonyl (C=O) groups excluding carboxylic acids is 1. The minimum absolute atomic E-state index is 0.179. The Balaban J connectivity index is 1.92. The molecule has 0 N–H and O–H groups in total. The van der Waals surface area contributed by atoms with Gasteiger partial charge in [-0.25, -0.2) is 9.37 Å². The van der Waals surface area contributed by atoms with Crippen LogP contribution in [0.4, 0.5) is 4.39 Å². The van der Waals surface area contributed by atoms with Crippen LogP contribution in [-0.2, 0) is 6.54 Å². The Morgan fingerprint density at radius 2 is 2.00 bits per heavy atom. The summed E-state index contributed by atoms with van der Waals surface area (Å²) in [7, 11) is 1.73.